The average Bonchev–Trinajstić information content (AvgIpc) is 2.45. The van der Waals surface area contributed by atoms with Crippen molar-refractivity contribution in [3.63, 3.8) is 0 Å². The number of benzene rings is 1. The lowest BCUT2D eigenvalue weighted by Gasteiger charge is -2.32. The molecule has 0 atom stereocenters. The summed E-state index contributed by atoms with van der Waals surface area (Å²) in [6.07, 6.45) is 1.58. The molecule has 1 aromatic carbocycles. The molecule has 0 bridgehead atoms. The zero-order chi connectivity index (χ0) is 15.4. The second kappa shape index (κ2) is 6.56. The molecule has 114 valence electrons. The van der Waals surface area contributed by atoms with Crippen LogP contribution in [-0.4, -0.2) is 44.1 Å². The standard InChI is InChI=1S/C14H24N2O3S/c1-5-14(6-2,11-17)15-12-7-9-13(10-8-12)20(18,19)16(3)4/h7-10,15,17H,5-6,11H2,1-4H3. The quantitative estimate of drug-likeness (QED) is 0.807. The van der Waals surface area contributed by atoms with Crippen molar-refractivity contribution < 1.29 is 13.5 Å². The van der Waals surface area contributed by atoms with Crippen LogP contribution in [0.3, 0.4) is 0 Å². The van der Waals surface area contributed by atoms with Gasteiger partial charge in [-0.2, -0.15) is 0 Å². The highest BCUT2D eigenvalue weighted by Crippen LogP contribution is 2.23. The predicted octanol–water partition coefficient (Wildman–Crippen LogP) is 1.90. The van der Waals surface area contributed by atoms with Crippen LogP contribution in [0.15, 0.2) is 29.2 Å². The first-order valence-electron chi connectivity index (χ1n) is 6.73. The second-order valence-electron chi connectivity index (χ2n) is 5.08. The molecule has 0 saturated carbocycles. The largest absolute Gasteiger partial charge is 0.394 e. The van der Waals surface area contributed by atoms with Crippen LogP contribution >= 0.6 is 0 Å². The third-order valence-electron chi connectivity index (χ3n) is 3.70. The lowest BCUT2D eigenvalue weighted by Crippen LogP contribution is -2.40. The Morgan fingerprint density at radius 3 is 2.00 bits per heavy atom. The minimum Gasteiger partial charge on any atom is -0.394 e. The molecule has 0 saturated heterocycles. The molecule has 0 amide bonds. The van der Waals surface area contributed by atoms with Crippen molar-refractivity contribution in [2.45, 2.75) is 37.1 Å². The molecular weight excluding hydrogens is 276 g/mol. The minimum absolute atomic E-state index is 0.0394. The van der Waals surface area contributed by atoms with E-state index in [2.05, 4.69) is 5.32 Å². The van der Waals surface area contributed by atoms with E-state index in [0.29, 0.717) is 0 Å². The molecule has 0 unspecified atom stereocenters. The van der Waals surface area contributed by atoms with Crippen molar-refractivity contribution in [1.29, 1.82) is 0 Å². The number of hydrogen-bond donors (Lipinski definition) is 2. The van der Waals surface area contributed by atoms with E-state index in [1.165, 1.54) is 18.4 Å². The van der Waals surface area contributed by atoms with Gasteiger partial charge in [-0.25, -0.2) is 12.7 Å². The van der Waals surface area contributed by atoms with Gasteiger partial charge in [0, 0.05) is 19.8 Å². The predicted molar refractivity (Wildman–Crippen MR) is 81.3 cm³/mol. The minimum atomic E-state index is -3.40. The Hall–Kier alpha value is -1.11. The molecule has 1 aromatic rings. The highest BCUT2D eigenvalue weighted by Gasteiger charge is 2.25. The van der Waals surface area contributed by atoms with Crippen LogP contribution in [0, 0.1) is 0 Å². The van der Waals surface area contributed by atoms with E-state index in [4.69, 9.17) is 0 Å². The van der Waals surface area contributed by atoms with Crippen LogP contribution < -0.4 is 5.32 Å². The SMILES string of the molecule is CCC(CC)(CO)Nc1ccc(S(=O)(=O)N(C)C)cc1. The third-order valence-corrected chi connectivity index (χ3v) is 5.53. The van der Waals surface area contributed by atoms with Crippen LogP contribution in [0.5, 0.6) is 0 Å². The molecule has 6 heteroatoms. The number of anilines is 1. The fourth-order valence-corrected chi connectivity index (χ4v) is 2.82. The Balaban J connectivity index is 2.98. The third kappa shape index (κ3) is 3.50. The first-order valence-corrected chi connectivity index (χ1v) is 8.17. The molecule has 5 nitrogen and oxygen atoms in total. The van der Waals surface area contributed by atoms with Gasteiger partial charge in [-0.1, -0.05) is 13.8 Å². The summed E-state index contributed by atoms with van der Waals surface area (Å²) in [6.45, 7) is 4.06. The number of nitrogens with one attached hydrogen (secondary N) is 1. The Bertz CT molecular complexity index is 512. The number of hydrogen-bond acceptors (Lipinski definition) is 4. The van der Waals surface area contributed by atoms with Crippen molar-refractivity contribution >= 4 is 15.7 Å². The topological polar surface area (TPSA) is 69.6 Å². The van der Waals surface area contributed by atoms with E-state index < -0.39 is 10.0 Å². The smallest absolute Gasteiger partial charge is 0.242 e. The van der Waals surface area contributed by atoms with Gasteiger partial charge in [0.25, 0.3) is 0 Å². The summed E-state index contributed by atoms with van der Waals surface area (Å²) in [5.41, 5.74) is 0.447. The van der Waals surface area contributed by atoms with Gasteiger partial charge < -0.3 is 10.4 Å². The Morgan fingerprint density at radius 1 is 1.15 bits per heavy atom. The maximum Gasteiger partial charge on any atom is 0.242 e. The fraction of sp³-hybridized carbons (Fsp3) is 0.571. The molecule has 0 radical (unpaired) electrons. The Kier molecular flexibility index (Phi) is 5.56. The van der Waals surface area contributed by atoms with Gasteiger partial charge in [-0.15, -0.1) is 0 Å². The number of rotatable bonds is 7. The monoisotopic (exact) mass is 300 g/mol. The first-order chi connectivity index (χ1) is 9.31. The number of nitrogens with zero attached hydrogens (tertiary/aromatic N) is 1. The fourth-order valence-electron chi connectivity index (χ4n) is 1.92. The van der Waals surface area contributed by atoms with E-state index in [-0.39, 0.29) is 17.0 Å². The summed E-state index contributed by atoms with van der Waals surface area (Å²) in [5.74, 6) is 0. The number of aliphatic hydroxyl groups excluding tert-OH is 1. The zero-order valence-electron chi connectivity index (χ0n) is 12.5. The lowest BCUT2D eigenvalue weighted by atomic mass is 9.93. The summed E-state index contributed by atoms with van der Waals surface area (Å²) in [4.78, 5) is 0.260. The highest BCUT2D eigenvalue weighted by atomic mass is 32.2. The lowest BCUT2D eigenvalue weighted by molar-refractivity contribution is 0.202. The van der Waals surface area contributed by atoms with E-state index >= 15 is 0 Å². The van der Waals surface area contributed by atoms with Gasteiger partial charge in [-0.3, -0.25) is 0 Å². The molecule has 1 rings (SSSR count). The molecule has 2 N–H and O–H groups in total. The van der Waals surface area contributed by atoms with E-state index in [1.807, 2.05) is 13.8 Å². The maximum atomic E-state index is 12.0. The van der Waals surface area contributed by atoms with Crippen LogP contribution in [0.2, 0.25) is 0 Å². The summed E-state index contributed by atoms with van der Waals surface area (Å²) in [5, 5.41) is 12.8. The van der Waals surface area contributed by atoms with Gasteiger partial charge in [0.1, 0.15) is 0 Å². The van der Waals surface area contributed by atoms with E-state index in [1.54, 1.807) is 24.3 Å². The van der Waals surface area contributed by atoms with Crippen molar-refractivity contribution in [3.05, 3.63) is 24.3 Å². The Morgan fingerprint density at radius 2 is 1.65 bits per heavy atom. The highest BCUT2D eigenvalue weighted by molar-refractivity contribution is 7.89. The van der Waals surface area contributed by atoms with Gasteiger partial charge >= 0.3 is 0 Å². The maximum absolute atomic E-state index is 12.0. The van der Waals surface area contributed by atoms with E-state index in [9.17, 15) is 13.5 Å². The van der Waals surface area contributed by atoms with Crippen LogP contribution in [-0.2, 0) is 10.0 Å². The molecule has 0 aliphatic rings. The molecule has 0 aromatic heterocycles. The molecule has 0 aliphatic carbocycles. The molecule has 0 fully saturated rings. The normalized spacial score (nSPS) is 12.7. The van der Waals surface area contributed by atoms with Crippen LogP contribution in [0.4, 0.5) is 5.69 Å². The van der Waals surface area contributed by atoms with Crippen LogP contribution in [0.25, 0.3) is 0 Å². The number of sulfonamides is 1. The summed E-state index contributed by atoms with van der Waals surface area (Å²) < 4.78 is 25.1. The van der Waals surface area contributed by atoms with Gasteiger partial charge in [0.2, 0.25) is 10.0 Å². The molecule has 0 heterocycles. The second-order valence-corrected chi connectivity index (χ2v) is 7.23. The van der Waals surface area contributed by atoms with Crippen LogP contribution in [0.1, 0.15) is 26.7 Å². The van der Waals surface area contributed by atoms with Crippen molar-refractivity contribution in [2.24, 2.45) is 0 Å². The Labute approximate surface area is 121 Å². The summed E-state index contributed by atoms with van der Waals surface area (Å²) in [7, 11) is -0.385. The van der Waals surface area contributed by atoms with Crippen molar-refractivity contribution in [2.75, 3.05) is 26.0 Å². The van der Waals surface area contributed by atoms with Gasteiger partial charge in [0.05, 0.1) is 17.0 Å². The first kappa shape index (κ1) is 16.9. The average molecular weight is 300 g/mol. The van der Waals surface area contributed by atoms with Crippen molar-refractivity contribution in [1.82, 2.24) is 4.31 Å². The summed E-state index contributed by atoms with van der Waals surface area (Å²) in [6, 6.07) is 6.61. The molecular formula is C14H24N2O3S. The molecule has 20 heavy (non-hydrogen) atoms. The molecule has 0 aliphatic heterocycles. The zero-order valence-corrected chi connectivity index (χ0v) is 13.4. The van der Waals surface area contributed by atoms with E-state index in [0.717, 1.165) is 18.5 Å². The van der Waals surface area contributed by atoms with Gasteiger partial charge in [0.15, 0.2) is 0 Å². The summed E-state index contributed by atoms with van der Waals surface area (Å²) >= 11 is 0. The van der Waals surface area contributed by atoms with Crippen molar-refractivity contribution in [3.8, 4) is 0 Å². The molecule has 0 spiro atoms. The van der Waals surface area contributed by atoms with Gasteiger partial charge in [-0.05, 0) is 37.1 Å². The number of aliphatic hydroxyl groups is 1.